The maximum Gasteiger partial charge on any atom is 0.231 e. The van der Waals surface area contributed by atoms with Gasteiger partial charge >= 0.3 is 0 Å². The fourth-order valence-corrected chi connectivity index (χ4v) is 2.91. The van der Waals surface area contributed by atoms with Crippen LogP contribution < -0.4 is 5.32 Å². The van der Waals surface area contributed by atoms with E-state index >= 15 is 0 Å². The minimum absolute atomic E-state index is 0.227. The predicted molar refractivity (Wildman–Crippen MR) is 83.7 cm³/mol. The molecule has 4 nitrogen and oxygen atoms in total. The van der Waals surface area contributed by atoms with Crippen LogP contribution in [0.3, 0.4) is 0 Å². The zero-order chi connectivity index (χ0) is 14.7. The van der Waals surface area contributed by atoms with Gasteiger partial charge in [0, 0.05) is 16.1 Å². The van der Waals surface area contributed by atoms with Gasteiger partial charge in [0.15, 0.2) is 0 Å². The fourth-order valence-electron chi connectivity index (χ4n) is 2.24. The van der Waals surface area contributed by atoms with Gasteiger partial charge in [-0.2, -0.15) is 4.98 Å². The Kier molecular flexibility index (Phi) is 4.94. The van der Waals surface area contributed by atoms with Gasteiger partial charge < -0.3 is 9.84 Å². The molecule has 5 heteroatoms. The molecule has 1 heterocycles. The van der Waals surface area contributed by atoms with Crippen molar-refractivity contribution in [3.63, 3.8) is 0 Å². The minimum atomic E-state index is 0.227. The Morgan fingerprint density at radius 3 is 2.75 bits per heavy atom. The normalized spacial score (nSPS) is 14.2. The van der Waals surface area contributed by atoms with Gasteiger partial charge in [-0.05, 0) is 45.0 Å². The highest BCUT2D eigenvalue weighted by Gasteiger charge is 2.23. The van der Waals surface area contributed by atoms with E-state index in [4.69, 9.17) is 4.52 Å². The molecule has 0 radical (unpaired) electrons. The summed E-state index contributed by atoms with van der Waals surface area (Å²) in [5.74, 6) is 1.55. The average molecular weight is 338 g/mol. The SMILES string of the molecule is CCC(c1nc(-c2ccc(C)cc2Br)no1)C(C)NC. The van der Waals surface area contributed by atoms with E-state index in [0.717, 1.165) is 16.5 Å². The van der Waals surface area contributed by atoms with Crippen molar-refractivity contribution in [1.29, 1.82) is 0 Å². The van der Waals surface area contributed by atoms with Gasteiger partial charge in [-0.25, -0.2) is 0 Å². The largest absolute Gasteiger partial charge is 0.339 e. The van der Waals surface area contributed by atoms with Crippen molar-refractivity contribution in [1.82, 2.24) is 15.5 Å². The van der Waals surface area contributed by atoms with Gasteiger partial charge in [0.05, 0.1) is 5.92 Å². The van der Waals surface area contributed by atoms with Crippen molar-refractivity contribution in [3.8, 4) is 11.4 Å². The first-order valence-corrected chi connectivity index (χ1v) is 7.63. The molecule has 0 aliphatic rings. The van der Waals surface area contributed by atoms with E-state index in [1.54, 1.807) is 0 Å². The molecule has 0 aliphatic carbocycles. The number of hydrogen-bond donors (Lipinski definition) is 1. The number of halogens is 1. The molecule has 0 bridgehead atoms. The first-order chi connectivity index (χ1) is 9.56. The molecule has 2 aromatic rings. The van der Waals surface area contributed by atoms with Gasteiger partial charge in [0.2, 0.25) is 11.7 Å². The van der Waals surface area contributed by atoms with Crippen LogP contribution in [0.1, 0.15) is 37.6 Å². The minimum Gasteiger partial charge on any atom is -0.339 e. The predicted octanol–water partition coefficient (Wildman–Crippen LogP) is 3.91. The second-order valence-corrected chi connectivity index (χ2v) is 5.89. The van der Waals surface area contributed by atoms with Crippen molar-refractivity contribution in [2.45, 2.75) is 39.2 Å². The van der Waals surface area contributed by atoms with Crippen LogP contribution in [0.2, 0.25) is 0 Å². The van der Waals surface area contributed by atoms with Crippen LogP contribution in [0.4, 0.5) is 0 Å². The highest BCUT2D eigenvalue weighted by molar-refractivity contribution is 9.10. The Morgan fingerprint density at radius 2 is 2.15 bits per heavy atom. The molecule has 1 aromatic carbocycles. The van der Waals surface area contributed by atoms with Gasteiger partial charge in [0.1, 0.15) is 0 Å². The smallest absolute Gasteiger partial charge is 0.231 e. The highest BCUT2D eigenvalue weighted by Crippen LogP contribution is 2.29. The summed E-state index contributed by atoms with van der Waals surface area (Å²) in [5, 5.41) is 7.36. The van der Waals surface area contributed by atoms with E-state index in [9.17, 15) is 0 Å². The monoisotopic (exact) mass is 337 g/mol. The van der Waals surface area contributed by atoms with E-state index in [-0.39, 0.29) is 5.92 Å². The van der Waals surface area contributed by atoms with E-state index in [1.807, 2.05) is 19.2 Å². The van der Waals surface area contributed by atoms with Crippen LogP contribution in [0.25, 0.3) is 11.4 Å². The van der Waals surface area contributed by atoms with Crippen molar-refractivity contribution in [2.75, 3.05) is 7.05 Å². The summed E-state index contributed by atoms with van der Waals surface area (Å²) < 4.78 is 6.44. The molecular formula is C15H20BrN3O. The summed E-state index contributed by atoms with van der Waals surface area (Å²) in [4.78, 5) is 4.56. The van der Waals surface area contributed by atoms with Crippen LogP contribution in [-0.4, -0.2) is 23.2 Å². The van der Waals surface area contributed by atoms with Crippen LogP contribution in [0, 0.1) is 6.92 Å². The fraction of sp³-hybridized carbons (Fsp3) is 0.467. The first-order valence-electron chi connectivity index (χ1n) is 6.84. The third kappa shape index (κ3) is 3.10. The van der Waals surface area contributed by atoms with E-state index < -0.39 is 0 Å². The molecule has 0 fully saturated rings. The number of benzene rings is 1. The molecule has 0 saturated heterocycles. The van der Waals surface area contributed by atoms with Crippen LogP contribution in [0.15, 0.2) is 27.2 Å². The number of aryl methyl sites for hydroxylation is 1. The third-order valence-corrected chi connectivity index (χ3v) is 4.28. The molecule has 0 amide bonds. The maximum atomic E-state index is 5.46. The lowest BCUT2D eigenvalue weighted by atomic mass is 9.98. The first kappa shape index (κ1) is 15.2. The van der Waals surface area contributed by atoms with Crippen LogP contribution >= 0.6 is 15.9 Å². The maximum absolute atomic E-state index is 5.46. The Hall–Kier alpha value is -1.20. The van der Waals surface area contributed by atoms with Crippen LogP contribution in [0.5, 0.6) is 0 Å². The summed E-state index contributed by atoms with van der Waals surface area (Å²) in [6.45, 7) is 6.31. The highest BCUT2D eigenvalue weighted by atomic mass is 79.9. The molecule has 108 valence electrons. The van der Waals surface area contributed by atoms with E-state index in [1.165, 1.54) is 5.56 Å². The van der Waals surface area contributed by atoms with Crippen molar-refractivity contribution in [2.24, 2.45) is 0 Å². The molecule has 1 N–H and O–H groups in total. The Bertz CT molecular complexity index is 582. The molecule has 2 unspecified atom stereocenters. The molecule has 2 atom stereocenters. The standard InChI is InChI=1S/C15H20BrN3O/c1-5-11(10(3)17-4)15-18-14(19-20-15)12-7-6-9(2)8-13(12)16/h6-8,10-11,17H,5H2,1-4H3. The Labute approximate surface area is 128 Å². The van der Waals surface area contributed by atoms with Gasteiger partial charge in [-0.3, -0.25) is 0 Å². The quantitative estimate of drug-likeness (QED) is 0.898. The van der Waals surface area contributed by atoms with Gasteiger partial charge in [0.25, 0.3) is 0 Å². The number of nitrogens with one attached hydrogen (secondary N) is 1. The third-order valence-electron chi connectivity index (χ3n) is 3.62. The lowest BCUT2D eigenvalue weighted by molar-refractivity contribution is 0.322. The molecule has 0 aliphatic heterocycles. The summed E-state index contributed by atoms with van der Waals surface area (Å²) in [5.41, 5.74) is 2.15. The van der Waals surface area contributed by atoms with Crippen molar-refractivity contribution < 1.29 is 4.52 Å². The van der Waals surface area contributed by atoms with E-state index in [2.05, 4.69) is 58.2 Å². The number of hydrogen-bond acceptors (Lipinski definition) is 4. The molecule has 1 aromatic heterocycles. The molecule has 0 spiro atoms. The molecule has 0 saturated carbocycles. The zero-order valence-corrected chi connectivity index (χ0v) is 13.9. The second kappa shape index (κ2) is 6.50. The van der Waals surface area contributed by atoms with Crippen LogP contribution in [-0.2, 0) is 0 Å². The van der Waals surface area contributed by atoms with Crippen molar-refractivity contribution >= 4 is 15.9 Å². The topological polar surface area (TPSA) is 51.0 Å². The summed E-state index contributed by atoms with van der Waals surface area (Å²) in [6.07, 6.45) is 0.957. The van der Waals surface area contributed by atoms with Crippen molar-refractivity contribution in [3.05, 3.63) is 34.1 Å². The summed E-state index contributed by atoms with van der Waals surface area (Å²) >= 11 is 3.56. The molecule has 20 heavy (non-hydrogen) atoms. The Morgan fingerprint density at radius 1 is 1.40 bits per heavy atom. The lowest BCUT2D eigenvalue weighted by Crippen LogP contribution is -2.28. The van der Waals surface area contributed by atoms with Gasteiger partial charge in [-0.15, -0.1) is 0 Å². The van der Waals surface area contributed by atoms with E-state index in [0.29, 0.717) is 17.8 Å². The number of rotatable bonds is 5. The Balaban J connectivity index is 2.32. The number of likely N-dealkylation sites (N-methyl/N-ethyl adjacent to an activating group) is 1. The molecular weight excluding hydrogens is 318 g/mol. The van der Waals surface area contributed by atoms with Gasteiger partial charge in [-0.1, -0.05) is 34.1 Å². The summed E-state index contributed by atoms with van der Waals surface area (Å²) in [7, 11) is 1.95. The number of aromatic nitrogens is 2. The second-order valence-electron chi connectivity index (χ2n) is 5.03. The molecule has 2 rings (SSSR count). The number of nitrogens with zero attached hydrogens (tertiary/aromatic N) is 2. The zero-order valence-electron chi connectivity index (χ0n) is 12.3. The lowest BCUT2D eigenvalue weighted by Gasteiger charge is -2.17. The average Bonchev–Trinajstić information content (AvgIpc) is 2.88. The summed E-state index contributed by atoms with van der Waals surface area (Å²) in [6, 6.07) is 6.41.